The molecule has 0 unspecified atom stereocenters. The van der Waals surface area contributed by atoms with Gasteiger partial charge in [0.2, 0.25) is 0 Å². The number of benzene rings is 1. The summed E-state index contributed by atoms with van der Waals surface area (Å²) in [5, 5.41) is 23.0. The van der Waals surface area contributed by atoms with Crippen LogP contribution in [0.15, 0.2) is 41.3 Å². The molecule has 4 rings (SSSR count). The molecule has 1 aliphatic rings. The number of thiophene rings is 2. The number of hydrogen-bond donors (Lipinski definition) is 1. The summed E-state index contributed by atoms with van der Waals surface area (Å²) in [7, 11) is -3.09. The van der Waals surface area contributed by atoms with E-state index in [1.54, 1.807) is 46.9 Å². The van der Waals surface area contributed by atoms with Crippen LogP contribution in [-0.2, 0) is 9.84 Å². The molecular weight excluding hydrogens is 477 g/mol. The highest BCUT2D eigenvalue weighted by molar-refractivity contribution is 7.90. The molecular formula is C23H24N2O3S3Si. The van der Waals surface area contributed by atoms with Gasteiger partial charge in [-0.2, -0.15) is 5.26 Å². The Kier molecular flexibility index (Phi) is 5.94. The zero-order valence-electron chi connectivity index (χ0n) is 18.3. The summed E-state index contributed by atoms with van der Waals surface area (Å²) >= 11 is 3.48. The number of fused-ring (bicyclic) bond motifs is 3. The molecule has 32 heavy (non-hydrogen) atoms. The second-order valence-corrected chi connectivity index (χ2v) is 16.9. The van der Waals surface area contributed by atoms with Crippen LogP contribution in [0.4, 0.5) is 5.00 Å². The molecule has 9 heteroatoms. The molecule has 1 aliphatic heterocycles. The van der Waals surface area contributed by atoms with Crippen LogP contribution < -0.4 is 15.3 Å². The largest absolute Gasteiger partial charge is 0.395 e. The van der Waals surface area contributed by atoms with Crippen molar-refractivity contribution in [2.75, 3.05) is 31.4 Å². The standard InChI is InChI=1S/C23H24N2O3S3Si/c1-25(9-10-26)21-13-20-23(30-21)22-19(32(20,3)4)12-17(29-22)11-16(14-24)15-5-7-18(8-6-15)31(2,27)28/h5-8,11-13,26H,9-10H2,1-4H3/b16-11+. The van der Waals surface area contributed by atoms with Gasteiger partial charge in [0.25, 0.3) is 0 Å². The van der Waals surface area contributed by atoms with E-state index < -0.39 is 17.9 Å². The minimum Gasteiger partial charge on any atom is -0.395 e. The molecule has 0 amide bonds. The molecule has 2 aromatic heterocycles. The van der Waals surface area contributed by atoms with Crippen LogP contribution in [0.3, 0.4) is 0 Å². The topological polar surface area (TPSA) is 81.4 Å². The summed E-state index contributed by atoms with van der Waals surface area (Å²) in [6, 6.07) is 13.2. The van der Waals surface area contributed by atoms with E-state index in [4.69, 9.17) is 0 Å². The maximum atomic E-state index is 11.7. The zero-order valence-corrected chi connectivity index (χ0v) is 21.8. The number of aliphatic hydroxyl groups excluding tert-OH is 1. The molecule has 3 heterocycles. The predicted molar refractivity (Wildman–Crippen MR) is 138 cm³/mol. The van der Waals surface area contributed by atoms with Crippen molar-refractivity contribution in [2.45, 2.75) is 18.0 Å². The van der Waals surface area contributed by atoms with Crippen LogP contribution in [0.2, 0.25) is 13.1 Å². The van der Waals surface area contributed by atoms with Gasteiger partial charge in [-0.25, -0.2) is 8.42 Å². The number of aliphatic hydroxyl groups is 1. The highest BCUT2D eigenvalue weighted by Gasteiger charge is 2.41. The summed E-state index contributed by atoms with van der Waals surface area (Å²) < 4.78 is 23.4. The van der Waals surface area contributed by atoms with Gasteiger partial charge in [0.15, 0.2) is 9.84 Å². The molecule has 5 nitrogen and oxygen atoms in total. The Morgan fingerprint density at radius 1 is 1.16 bits per heavy atom. The predicted octanol–water partition coefficient (Wildman–Crippen LogP) is 3.51. The second kappa shape index (κ2) is 8.28. The van der Waals surface area contributed by atoms with E-state index in [0.29, 0.717) is 17.7 Å². The van der Waals surface area contributed by atoms with Gasteiger partial charge >= 0.3 is 0 Å². The third-order valence-electron chi connectivity index (χ3n) is 5.84. The van der Waals surface area contributed by atoms with Crippen molar-refractivity contribution in [3.05, 3.63) is 46.8 Å². The lowest BCUT2D eigenvalue weighted by Gasteiger charge is -2.18. The fourth-order valence-corrected chi connectivity index (χ4v) is 11.7. The summed E-state index contributed by atoms with van der Waals surface area (Å²) in [5.74, 6) is 0. The Bertz CT molecular complexity index is 1360. The zero-order chi connectivity index (χ0) is 23.3. The molecule has 1 aromatic carbocycles. The number of sulfone groups is 1. The fraction of sp³-hybridized carbons (Fsp3) is 0.261. The summed E-state index contributed by atoms with van der Waals surface area (Å²) in [6.07, 6.45) is 3.07. The van der Waals surface area contributed by atoms with Gasteiger partial charge in [0.1, 0.15) is 8.07 Å². The number of nitrogens with zero attached hydrogens (tertiary/aromatic N) is 2. The van der Waals surface area contributed by atoms with Crippen LogP contribution >= 0.6 is 22.7 Å². The highest BCUT2D eigenvalue weighted by atomic mass is 32.2. The van der Waals surface area contributed by atoms with Crippen LogP contribution in [-0.4, -0.2) is 48.1 Å². The molecule has 0 radical (unpaired) electrons. The van der Waals surface area contributed by atoms with Gasteiger partial charge in [0.05, 0.1) is 28.1 Å². The number of allylic oxidation sites excluding steroid dienone is 1. The monoisotopic (exact) mass is 500 g/mol. The van der Waals surface area contributed by atoms with E-state index in [9.17, 15) is 18.8 Å². The Morgan fingerprint density at radius 2 is 1.78 bits per heavy atom. The summed E-state index contributed by atoms with van der Waals surface area (Å²) in [4.78, 5) is 5.98. The molecule has 0 aliphatic carbocycles. The third kappa shape index (κ3) is 3.98. The number of rotatable bonds is 6. The van der Waals surface area contributed by atoms with E-state index in [1.807, 2.05) is 13.1 Å². The number of nitriles is 1. The fourth-order valence-electron chi connectivity index (χ4n) is 3.92. The van der Waals surface area contributed by atoms with Crippen molar-refractivity contribution in [1.82, 2.24) is 0 Å². The molecule has 1 N–H and O–H groups in total. The van der Waals surface area contributed by atoms with Gasteiger partial charge in [0, 0.05) is 34.5 Å². The molecule has 0 saturated heterocycles. The van der Waals surface area contributed by atoms with Crippen LogP contribution in [0, 0.1) is 11.3 Å². The van der Waals surface area contributed by atoms with E-state index in [-0.39, 0.29) is 11.5 Å². The van der Waals surface area contributed by atoms with Gasteiger partial charge < -0.3 is 10.0 Å². The quantitative estimate of drug-likeness (QED) is 0.414. The lowest BCUT2D eigenvalue weighted by Crippen LogP contribution is -2.48. The molecule has 0 bridgehead atoms. The molecule has 0 spiro atoms. The van der Waals surface area contributed by atoms with Gasteiger partial charge in [-0.05, 0) is 46.3 Å². The maximum absolute atomic E-state index is 11.7. The SMILES string of the molecule is CN(CCO)c1cc2c(s1)-c1sc(/C=C(\C#N)c3ccc(S(C)(=O)=O)cc3)cc1[Si]2(C)C. The van der Waals surface area contributed by atoms with Crippen LogP contribution in [0.1, 0.15) is 10.4 Å². The number of likely N-dealkylation sites (N-methyl/N-ethyl adjacent to an activating group) is 1. The average molecular weight is 501 g/mol. The lowest BCUT2D eigenvalue weighted by molar-refractivity contribution is 0.304. The minimum absolute atomic E-state index is 0.126. The van der Waals surface area contributed by atoms with Crippen molar-refractivity contribution in [3.63, 3.8) is 0 Å². The molecule has 0 saturated carbocycles. The smallest absolute Gasteiger partial charge is 0.175 e. The highest BCUT2D eigenvalue weighted by Crippen LogP contribution is 2.42. The van der Waals surface area contributed by atoms with Crippen molar-refractivity contribution in [3.8, 4) is 15.8 Å². The lowest BCUT2D eigenvalue weighted by atomic mass is 10.1. The van der Waals surface area contributed by atoms with E-state index in [1.165, 1.54) is 31.4 Å². The van der Waals surface area contributed by atoms with Crippen molar-refractivity contribution < 1.29 is 13.5 Å². The first-order valence-corrected chi connectivity index (χ1v) is 16.6. The first-order chi connectivity index (χ1) is 15.1. The maximum Gasteiger partial charge on any atom is 0.175 e. The minimum atomic E-state index is -3.27. The van der Waals surface area contributed by atoms with Crippen molar-refractivity contribution in [1.29, 1.82) is 5.26 Å². The first-order valence-electron chi connectivity index (χ1n) is 10.1. The second-order valence-electron chi connectivity index (χ2n) is 8.46. The molecule has 0 fully saturated rings. The average Bonchev–Trinajstić information content (AvgIpc) is 3.40. The summed E-state index contributed by atoms with van der Waals surface area (Å²) in [5.41, 5.74) is 1.22. The normalized spacial score (nSPS) is 14.7. The van der Waals surface area contributed by atoms with Crippen molar-refractivity contribution in [2.24, 2.45) is 0 Å². The number of anilines is 1. The third-order valence-corrected chi connectivity index (χ3v) is 13.3. The molecule has 0 atom stereocenters. The van der Waals surface area contributed by atoms with E-state index >= 15 is 0 Å². The number of hydrogen-bond acceptors (Lipinski definition) is 7. The van der Waals surface area contributed by atoms with Crippen molar-refractivity contribution >= 4 is 67.6 Å². The Labute approximate surface area is 197 Å². The van der Waals surface area contributed by atoms with Gasteiger partial charge in [-0.15, -0.1) is 22.7 Å². The molecule has 166 valence electrons. The van der Waals surface area contributed by atoms with E-state index in [0.717, 1.165) is 4.88 Å². The van der Waals surface area contributed by atoms with Crippen LogP contribution in [0.5, 0.6) is 0 Å². The van der Waals surface area contributed by atoms with Gasteiger partial charge in [-0.3, -0.25) is 0 Å². The Hall–Kier alpha value is -2.22. The first kappa shape index (κ1) is 23.0. The van der Waals surface area contributed by atoms with Crippen LogP contribution in [0.25, 0.3) is 21.4 Å². The Morgan fingerprint density at radius 3 is 2.38 bits per heavy atom. The van der Waals surface area contributed by atoms with Gasteiger partial charge in [-0.1, -0.05) is 25.2 Å². The molecule has 3 aromatic rings. The summed E-state index contributed by atoms with van der Waals surface area (Å²) in [6.45, 7) is 5.45. The Balaban J connectivity index is 1.71. The van der Waals surface area contributed by atoms with E-state index in [2.05, 4.69) is 36.2 Å².